The monoisotopic (exact) mass is 251 g/mol. The lowest BCUT2D eigenvalue weighted by molar-refractivity contribution is -0.120. The number of anilines is 1. The van der Waals surface area contributed by atoms with Gasteiger partial charge in [-0.3, -0.25) is 4.79 Å². The highest BCUT2D eigenvalue weighted by Crippen LogP contribution is 2.23. The molecule has 0 saturated heterocycles. The highest BCUT2D eigenvalue weighted by molar-refractivity contribution is 5.92. The number of nitrogens with one attached hydrogen (secondary N) is 1. The molecule has 0 bridgehead atoms. The van der Waals surface area contributed by atoms with E-state index in [1.165, 1.54) is 18.3 Å². The number of carbonyl (C=O) groups is 1. The first kappa shape index (κ1) is 13.0. The molecule has 2 atom stereocenters. The van der Waals surface area contributed by atoms with Crippen LogP contribution in [0.4, 0.5) is 10.1 Å². The van der Waals surface area contributed by atoms with Crippen molar-refractivity contribution in [1.29, 1.82) is 0 Å². The van der Waals surface area contributed by atoms with E-state index in [2.05, 4.69) is 10.3 Å². The molecule has 5 heteroatoms. The maximum atomic E-state index is 12.7. The fourth-order valence-corrected chi connectivity index (χ4v) is 2.35. The van der Waals surface area contributed by atoms with Crippen LogP contribution in [-0.4, -0.2) is 16.9 Å². The summed E-state index contributed by atoms with van der Waals surface area (Å²) in [5.41, 5.74) is 6.53. The summed E-state index contributed by atoms with van der Waals surface area (Å²) < 4.78 is 12.7. The summed E-state index contributed by atoms with van der Waals surface area (Å²) in [6.45, 7) is 0. The van der Waals surface area contributed by atoms with Crippen molar-refractivity contribution in [2.24, 2.45) is 11.7 Å². The van der Waals surface area contributed by atoms with Crippen LogP contribution >= 0.6 is 0 Å². The molecule has 0 radical (unpaired) electrons. The van der Waals surface area contributed by atoms with E-state index >= 15 is 0 Å². The summed E-state index contributed by atoms with van der Waals surface area (Å²) in [6, 6.07) is 2.64. The fraction of sp³-hybridized carbons (Fsp3) is 0.538. The minimum atomic E-state index is -0.556. The fourth-order valence-electron chi connectivity index (χ4n) is 2.35. The lowest BCUT2D eigenvalue weighted by Crippen LogP contribution is -2.37. The van der Waals surface area contributed by atoms with Crippen LogP contribution in [0.5, 0.6) is 0 Å². The van der Waals surface area contributed by atoms with E-state index in [0.29, 0.717) is 5.69 Å². The lowest BCUT2D eigenvalue weighted by Gasteiger charge is -2.20. The minimum absolute atomic E-state index is 0.0825. The first-order chi connectivity index (χ1) is 8.66. The molecule has 3 N–H and O–H groups in total. The number of aromatic nitrogens is 1. The molecular weight excluding hydrogens is 233 g/mol. The molecule has 1 aliphatic carbocycles. The van der Waals surface area contributed by atoms with Crippen LogP contribution in [0.25, 0.3) is 0 Å². The molecule has 1 aromatic heterocycles. The number of carbonyl (C=O) groups excluding carboxylic acids is 1. The molecule has 1 saturated carbocycles. The van der Waals surface area contributed by atoms with Gasteiger partial charge >= 0.3 is 0 Å². The summed E-state index contributed by atoms with van der Waals surface area (Å²) in [5.74, 6) is -0.797. The van der Waals surface area contributed by atoms with Crippen LogP contribution in [0, 0.1) is 11.9 Å². The van der Waals surface area contributed by atoms with Crippen LogP contribution in [0.3, 0.4) is 0 Å². The normalized spacial score (nSPS) is 24.3. The van der Waals surface area contributed by atoms with E-state index in [4.69, 9.17) is 5.73 Å². The predicted molar refractivity (Wildman–Crippen MR) is 67.4 cm³/mol. The van der Waals surface area contributed by atoms with Gasteiger partial charge in [0.15, 0.2) is 0 Å². The molecule has 98 valence electrons. The minimum Gasteiger partial charge on any atom is -0.327 e. The van der Waals surface area contributed by atoms with Gasteiger partial charge < -0.3 is 11.1 Å². The lowest BCUT2D eigenvalue weighted by atomic mass is 9.94. The van der Waals surface area contributed by atoms with Gasteiger partial charge in [-0.25, -0.2) is 4.98 Å². The summed E-state index contributed by atoms with van der Waals surface area (Å²) in [6.07, 6.45) is 6.28. The first-order valence-electron chi connectivity index (χ1n) is 6.35. The second kappa shape index (κ2) is 5.91. The summed E-state index contributed by atoms with van der Waals surface area (Å²) in [5, 5.41) is 2.75. The standard InChI is InChI=1S/C13H18FN3O/c14-12-7-6-9(8-16-12)17-13(18)10-4-2-1-3-5-11(10)15/h6-8,10-11H,1-5,15H2,(H,17,18). The molecule has 1 heterocycles. The highest BCUT2D eigenvalue weighted by Gasteiger charge is 2.26. The average Bonchev–Trinajstić information content (AvgIpc) is 2.57. The van der Waals surface area contributed by atoms with Gasteiger partial charge in [-0.05, 0) is 25.0 Å². The predicted octanol–water partition coefficient (Wildman–Crippen LogP) is 2.07. The van der Waals surface area contributed by atoms with Crippen molar-refractivity contribution >= 4 is 11.6 Å². The van der Waals surface area contributed by atoms with Crippen LogP contribution in [0.1, 0.15) is 32.1 Å². The third kappa shape index (κ3) is 3.26. The van der Waals surface area contributed by atoms with Crippen molar-refractivity contribution in [2.75, 3.05) is 5.32 Å². The van der Waals surface area contributed by atoms with Crippen molar-refractivity contribution in [3.05, 3.63) is 24.3 Å². The Bertz CT molecular complexity index is 407. The maximum absolute atomic E-state index is 12.7. The summed E-state index contributed by atoms with van der Waals surface area (Å²) in [4.78, 5) is 15.6. The Balaban J connectivity index is 1.99. The van der Waals surface area contributed by atoms with Gasteiger partial charge in [0.2, 0.25) is 11.9 Å². The third-order valence-corrected chi connectivity index (χ3v) is 3.40. The van der Waals surface area contributed by atoms with Crippen molar-refractivity contribution in [1.82, 2.24) is 4.98 Å². The van der Waals surface area contributed by atoms with Crippen molar-refractivity contribution in [2.45, 2.75) is 38.1 Å². The Kier molecular flexibility index (Phi) is 4.25. The number of pyridine rings is 1. The van der Waals surface area contributed by atoms with Gasteiger partial charge in [-0.1, -0.05) is 19.3 Å². The topological polar surface area (TPSA) is 68.0 Å². The molecule has 0 aliphatic heterocycles. The molecule has 4 nitrogen and oxygen atoms in total. The van der Waals surface area contributed by atoms with E-state index in [9.17, 15) is 9.18 Å². The second-order valence-corrected chi connectivity index (χ2v) is 4.77. The number of nitrogens with two attached hydrogens (primary N) is 1. The first-order valence-corrected chi connectivity index (χ1v) is 6.35. The zero-order chi connectivity index (χ0) is 13.0. The zero-order valence-electron chi connectivity index (χ0n) is 10.2. The molecule has 1 aromatic rings. The van der Waals surface area contributed by atoms with E-state index in [-0.39, 0.29) is 17.9 Å². The quantitative estimate of drug-likeness (QED) is 0.624. The third-order valence-electron chi connectivity index (χ3n) is 3.40. The SMILES string of the molecule is NC1CCCCCC1C(=O)Nc1ccc(F)nc1. The number of nitrogens with zero attached hydrogens (tertiary/aromatic N) is 1. The second-order valence-electron chi connectivity index (χ2n) is 4.77. The highest BCUT2D eigenvalue weighted by atomic mass is 19.1. The molecule has 2 rings (SSSR count). The van der Waals surface area contributed by atoms with Crippen molar-refractivity contribution in [3.8, 4) is 0 Å². The van der Waals surface area contributed by atoms with E-state index < -0.39 is 5.95 Å². The zero-order valence-corrected chi connectivity index (χ0v) is 10.2. The number of hydrogen-bond donors (Lipinski definition) is 2. The van der Waals surface area contributed by atoms with Gasteiger partial charge in [0, 0.05) is 6.04 Å². The molecule has 1 amide bonds. The van der Waals surface area contributed by atoms with E-state index in [1.807, 2.05) is 0 Å². The van der Waals surface area contributed by atoms with Gasteiger partial charge in [0.05, 0.1) is 17.8 Å². The van der Waals surface area contributed by atoms with Crippen LogP contribution in [0.15, 0.2) is 18.3 Å². The van der Waals surface area contributed by atoms with Gasteiger partial charge in [-0.2, -0.15) is 4.39 Å². The largest absolute Gasteiger partial charge is 0.327 e. The molecule has 0 aromatic carbocycles. The molecular formula is C13H18FN3O. The number of hydrogen-bond acceptors (Lipinski definition) is 3. The Hall–Kier alpha value is -1.49. The maximum Gasteiger partial charge on any atom is 0.229 e. The van der Waals surface area contributed by atoms with E-state index in [1.54, 1.807) is 0 Å². The Labute approximate surface area is 106 Å². The van der Waals surface area contributed by atoms with Crippen molar-refractivity contribution < 1.29 is 9.18 Å². The molecule has 0 spiro atoms. The van der Waals surface area contributed by atoms with Gasteiger partial charge in [0.1, 0.15) is 0 Å². The molecule has 1 fully saturated rings. The van der Waals surface area contributed by atoms with Crippen LogP contribution in [0.2, 0.25) is 0 Å². The average molecular weight is 251 g/mol. The Morgan fingerprint density at radius 1 is 1.33 bits per heavy atom. The smallest absolute Gasteiger partial charge is 0.229 e. The van der Waals surface area contributed by atoms with Gasteiger partial charge in [-0.15, -0.1) is 0 Å². The molecule has 18 heavy (non-hydrogen) atoms. The van der Waals surface area contributed by atoms with Gasteiger partial charge in [0.25, 0.3) is 0 Å². The molecule has 2 unspecified atom stereocenters. The Morgan fingerprint density at radius 3 is 2.83 bits per heavy atom. The number of rotatable bonds is 2. The Morgan fingerprint density at radius 2 is 2.11 bits per heavy atom. The number of amides is 1. The van der Waals surface area contributed by atoms with Crippen molar-refractivity contribution in [3.63, 3.8) is 0 Å². The number of halogens is 1. The molecule has 1 aliphatic rings. The van der Waals surface area contributed by atoms with Crippen LogP contribution in [-0.2, 0) is 4.79 Å². The summed E-state index contributed by atoms with van der Waals surface area (Å²) >= 11 is 0. The van der Waals surface area contributed by atoms with E-state index in [0.717, 1.165) is 32.1 Å². The van der Waals surface area contributed by atoms with Crippen LogP contribution < -0.4 is 11.1 Å². The summed E-state index contributed by atoms with van der Waals surface area (Å²) in [7, 11) is 0.